The van der Waals surface area contributed by atoms with E-state index in [1.54, 1.807) is 5.38 Å². The number of aromatic nitrogens is 3. The molecule has 0 aliphatic carbocycles. The van der Waals surface area contributed by atoms with Crippen molar-refractivity contribution in [1.29, 1.82) is 0 Å². The monoisotopic (exact) mass is 646 g/mol. The second-order valence-corrected chi connectivity index (χ2v) is 14.8. The minimum absolute atomic E-state index is 0.0208. The summed E-state index contributed by atoms with van der Waals surface area (Å²) in [4.78, 5) is 55.1. The molecule has 0 spiro atoms. The molecule has 4 heterocycles. The van der Waals surface area contributed by atoms with E-state index in [0.29, 0.717) is 26.1 Å². The number of carboxylic acid groups (broad SMARTS) is 1. The highest BCUT2D eigenvalue weighted by atomic mass is 32.2. The van der Waals surface area contributed by atoms with Gasteiger partial charge in [-0.1, -0.05) is 61.0 Å². The van der Waals surface area contributed by atoms with Crippen LogP contribution in [0.1, 0.15) is 38.3 Å². The molecule has 2 saturated heterocycles. The number of carboxylic acids is 1. The van der Waals surface area contributed by atoms with Crippen molar-refractivity contribution in [3.8, 4) is 0 Å². The second-order valence-electron chi connectivity index (χ2n) is 9.34. The van der Waals surface area contributed by atoms with Crippen LogP contribution in [0.4, 0.5) is 5.13 Å². The standard InChI is InChI=1S/C23H30N6O6S5/c1-2-3-4-5-6-35-15(31)9-37-21-27-28-22(40-21)39-12-23(19(33)34)10-29-17(32)16(18(29)38-11-23)26-14(30)7-13-8-36-20(24)25-13/h8,16,18H,2-7,9-12H2,1H3,(H2,24,25)(H,26,30)(H,33,34)/t16?,18-,23?/m1/s1. The molecule has 2 aromatic rings. The number of amides is 2. The first-order chi connectivity index (χ1) is 19.2. The van der Waals surface area contributed by atoms with E-state index in [1.807, 2.05) is 0 Å². The van der Waals surface area contributed by atoms with Crippen LogP contribution in [0.2, 0.25) is 0 Å². The lowest BCUT2D eigenvalue weighted by Crippen LogP contribution is -2.74. The van der Waals surface area contributed by atoms with Crippen molar-refractivity contribution in [2.45, 2.75) is 59.1 Å². The van der Waals surface area contributed by atoms with Gasteiger partial charge in [0.05, 0.1) is 24.5 Å². The number of nitrogen functional groups attached to an aromatic ring is 1. The lowest BCUT2D eigenvalue weighted by Gasteiger charge is -2.53. The maximum absolute atomic E-state index is 12.8. The molecule has 40 heavy (non-hydrogen) atoms. The largest absolute Gasteiger partial charge is 0.481 e. The van der Waals surface area contributed by atoms with Crippen LogP contribution >= 0.6 is 58.0 Å². The first-order valence-corrected chi connectivity index (χ1v) is 17.3. The van der Waals surface area contributed by atoms with E-state index < -0.39 is 17.4 Å². The van der Waals surface area contributed by atoms with Crippen molar-refractivity contribution in [1.82, 2.24) is 25.4 Å². The zero-order chi connectivity index (χ0) is 28.7. The molecular formula is C23H30N6O6S5. The molecule has 17 heteroatoms. The molecular weight excluding hydrogens is 617 g/mol. The van der Waals surface area contributed by atoms with Crippen LogP contribution in [0.3, 0.4) is 0 Å². The number of carbonyl (C=O) groups is 4. The van der Waals surface area contributed by atoms with E-state index in [4.69, 9.17) is 10.5 Å². The van der Waals surface area contributed by atoms with Gasteiger partial charge >= 0.3 is 11.9 Å². The van der Waals surface area contributed by atoms with E-state index in [0.717, 1.165) is 25.7 Å². The predicted octanol–water partition coefficient (Wildman–Crippen LogP) is 2.60. The topological polar surface area (TPSA) is 178 Å². The average Bonchev–Trinajstić information content (AvgIpc) is 3.57. The number of thiazole rings is 1. The van der Waals surface area contributed by atoms with Crippen LogP contribution in [0, 0.1) is 5.41 Å². The summed E-state index contributed by atoms with van der Waals surface area (Å²) >= 11 is 6.39. The lowest BCUT2D eigenvalue weighted by molar-refractivity contribution is -0.157. The van der Waals surface area contributed by atoms with Crippen LogP contribution in [-0.2, 0) is 30.3 Å². The second kappa shape index (κ2) is 14.2. The summed E-state index contributed by atoms with van der Waals surface area (Å²) in [6.45, 7) is 2.59. The van der Waals surface area contributed by atoms with Crippen molar-refractivity contribution >= 4 is 86.8 Å². The Labute approximate surface area is 252 Å². The number of nitrogens with two attached hydrogens (primary N) is 1. The van der Waals surface area contributed by atoms with Gasteiger partial charge in [-0.25, -0.2) is 4.98 Å². The fourth-order valence-corrected chi connectivity index (χ4v) is 9.33. The molecule has 0 radical (unpaired) electrons. The van der Waals surface area contributed by atoms with Gasteiger partial charge < -0.3 is 25.8 Å². The number of unbranched alkanes of at least 4 members (excludes halogenated alkanes) is 3. The van der Waals surface area contributed by atoms with Crippen LogP contribution < -0.4 is 11.1 Å². The quantitative estimate of drug-likeness (QED) is 0.111. The van der Waals surface area contributed by atoms with E-state index in [2.05, 4.69) is 27.4 Å². The van der Waals surface area contributed by atoms with E-state index in [9.17, 15) is 24.3 Å². The average molecular weight is 647 g/mol. The molecule has 218 valence electrons. The molecule has 3 atom stereocenters. The van der Waals surface area contributed by atoms with E-state index in [-0.39, 0.29) is 53.4 Å². The molecule has 12 nitrogen and oxygen atoms in total. The third kappa shape index (κ3) is 7.80. The molecule has 2 unspecified atom stereocenters. The van der Waals surface area contributed by atoms with E-state index >= 15 is 0 Å². The molecule has 2 aliphatic rings. The zero-order valence-corrected chi connectivity index (χ0v) is 25.8. The number of fused-ring (bicyclic) bond motifs is 1. The number of nitrogens with zero attached hydrogens (tertiary/aromatic N) is 4. The summed E-state index contributed by atoms with van der Waals surface area (Å²) in [6, 6.07) is -0.696. The van der Waals surface area contributed by atoms with Gasteiger partial charge in [-0.2, -0.15) is 0 Å². The Kier molecular flexibility index (Phi) is 11.0. The number of anilines is 1. The van der Waals surface area contributed by atoms with Crippen LogP contribution in [0.5, 0.6) is 0 Å². The van der Waals surface area contributed by atoms with Crippen molar-refractivity contribution in [3.63, 3.8) is 0 Å². The number of thioether (sulfide) groups is 3. The third-order valence-corrected chi connectivity index (χ3v) is 12.0. The summed E-state index contributed by atoms with van der Waals surface area (Å²) in [5.41, 5.74) is 4.97. The third-order valence-electron chi connectivity index (χ3n) is 6.26. The molecule has 4 N–H and O–H groups in total. The zero-order valence-electron chi connectivity index (χ0n) is 21.7. The van der Waals surface area contributed by atoms with Crippen molar-refractivity contribution in [3.05, 3.63) is 11.1 Å². The summed E-state index contributed by atoms with van der Waals surface area (Å²) in [5, 5.41) is 22.8. The Morgan fingerprint density at radius 1 is 1.25 bits per heavy atom. The van der Waals surface area contributed by atoms with Crippen molar-refractivity contribution in [2.24, 2.45) is 5.41 Å². The molecule has 2 aliphatic heterocycles. The molecule has 2 aromatic heterocycles. The fraction of sp³-hybridized carbons (Fsp3) is 0.609. The Hall–Kier alpha value is -2.08. The smallest absolute Gasteiger partial charge is 0.316 e. The van der Waals surface area contributed by atoms with Gasteiger partial charge in [-0.3, -0.25) is 19.2 Å². The summed E-state index contributed by atoms with van der Waals surface area (Å²) in [7, 11) is 0. The molecule has 0 saturated carbocycles. The summed E-state index contributed by atoms with van der Waals surface area (Å²) in [6.07, 6.45) is 4.16. The van der Waals surface area contributed by atoms with Gasteiger partial charge in [-0.15, -0.1) is 33.3 Å². The minimum atomic E-state index is -1.17. The van der Waals surface area contributed by atoms with E-state index in [1.165, 1.54) is 62.9 Å². The van der Waals surface area contributed by atoms with Gasteiger partial charge in [0.2, 0.25) is 11.8 Å². The highest BCUT2D eigenvalue weighted by Gasteiger charge is 2.57. The number of ether oxygens (including phenoxy) is 1. The van der Waals surface area contributed by atoms with Gasteiger partial charge in [0.1, 0.15) is 16.8 Å². The molecule has 4 rings (SSSR count). The number of β-lactam (4-membered cyclic amide) rings is 1. The van der Waals surface area contributed by atoms with Crippen molar-refractivity contribution in [2.75, 3.05) is 36.1 Å². The number of hydrogen-bond donors (Lipinski definition) is 3. The van der Waals surface area contributed by atoms with Gasteiger partial charge in [0.25, 0.3) is 0 Å². The Balaban J connectivity index is 1.23. The predicted molar refractivity (Wildman–Crippen MR) is 157 cm³/mol. The normalized spacial score (nSPS) is 21.9. The summed E-state index contributed by atoms with van der Waals surface area (Å²) < 4.78 is 6.42. The number of aliphatic carboxylic acids is 1. The molecule has 2 amide bonds. The highest BCUT2D eigenvalue weighted by Crippen LogP contribution is 2.45. The Morgan fingerprint density at radius 2 is 2.02 bits per heavy atom. The SMILES string of the molecule is CCCCCCOC(=O)CSc1nnc(SCC2(C(=O)O)CS[C@@H]3C(NC(=O)Cc4csc(N)n4)C(=O)N3C2)s1. The number of carbonyl (C=O) groups excluding carboxylic acids is 3. The highest BCUT2D eigenvalue weighted by molar-refractivity contribution is 8.03. The van der Waals surface area contributed by atoms with Crippen LogP contribution in [0.15, 0.2) is 14.1 Å². The number of rotatable bonds is 15. The molecule has 0 bridgehead atoms. The maximum Gasteiger partial charge on any atom is 0.316 e. The van der Waals surface area contributed by atoms with Gasteiger partial charge in [0, 0.05) is 23.4 Å². The fourth-order valence-electron chi connectivity index (χ4n) is 4.09. The van der Waals surface area contributed by atoms with Gasteiger partial charge in [-0.05, 0) is 6.42 Å². The minimum Gasteiger partial charge on any atom is -0.481 e. The lowest BCUT2D eigenvalue weighted by atomic mass is 9.89. The Morgan fingerprint density at radius 3 is 2.73 bits per heavy atom. The molecule has 0 aromatic carbocycles. The maximum atomic E-state index is 12.8. The molecule has 2 fully saturated rings. The van der Waals surface area contributed by atoms with Crippen LogP contribution in [0.25, 0.3) is 0 Å². The first-order valence-electron chi connectivity index (χ1n) is 12.6. The summed E-state index contributed by atoms with van der Waals surface area (Å²) in [5.74, 6) is -1.31. The number of nitrogens with one attached hydrogen (secondary N) is 1. The van der Waals surface area contributed by atoms with Crippen molar-refractivity contribution < 1.29 is 29.0 Å². The number of esters is 1. The first kappa shape index (κ1) is 30.9. The Bertz CT molecular complexity index is 1230. The van der Waals surface area contributed by atoms with Gasteiger partial charge in [0.15, 0.2) is 13.8 Å². The van der Waals surface area contributed by atoms with Crippen LogP contribution in [-0.4, -0.2) is 90.8 Å². The number of hydrogen-bond acceptors (Lipinski definition) is 14.